The first-order chi connectivity index (χ1) is 9.04. The first kappa shape index (κ1) is 11.8. The van der Waals surface area contributed by atoms with Crippen molar-refractivity contribution in [1.82, 2.24) is 19.6 Å². The molecule has 4 heteroatoms. The predicted molar refractivity (Wildman–Crippen MR) is 75.2 cm³/mol. The van der Waals surface area contributed by atoms with E-state index < -0.39 is 0 Å². The first-order valence-electron chi connectivity index (χ1n) is 6.33. The molecule has 0 amide bonds. The number of benzene rings is 1. The number of aryl methyl sites for hydroxylation is 4. The van der Waals surface area contributed by atoms with Crippen LogP contribution in [0.5, 0.6) is 0 Å². The Labute approximate surface area is 112 Å². The second kappa shape index (κ2) is 4.16. The van der Waals surface area contributed by atoms with E-state index in [2.05, 4.69) is 47.1 Å². The predicted octanol–water partition coefficient (Wildman–Crippen LogP) is 3.02. The van der Waals surface area contributed by atoms with Crippen molar-refractivity contribution in [3.63, 3.8) is 0 Å². The largest absolute Gasteiger partial charge is 0.251 e. The van der Waals surface area contributed by atoms with Crippen LogP contribution in [0.3, 0.4) is 0 Å². The standard InChI is InChI=1S/C15H16N4/c1-9-5-6-13(10(2)7-9)14-8-19-15(17-14)16-11(3)12(4)18-19/h5-8H,1-4H3. The maximum absolute atomic E-state index is 4.56. The summed E-state index contributed by atoms with van der Waals surface area (Å²) in [5.74, 6) is 0.651. The monoisotopic (exact) mass is 252 g/mol. The van der Waals surface area contributed by atoms with Crippen LogP contribution in [0.25, 0.3) is 17.0 Å². The van der Waals surface area contributed by atoms with E-state index in [0.29, 0.717) is 5.78 Å². The molecule has 96 valence electrons. The van der Waals surface area contributed by atoms with Crippen LogP contribution < -0.4 is 0 Å². The summed E-state index contributed by atoms with van der Waals surface area (Å²) in [6.07, 6.45) is 1.94. The number of hydrogen-bond donors (Lipinski definition) is 0. The second-order valence-corrected chi connectivity index (χ2v) is 4.97. The Hall–Kier alpha value is -2.23. The number of imidazole rings is 1. The number of aromatic nitrogens is 4. The van der Waals surface area contributed by atoms with Gasteiger partial charge in [-0.1, -0.05) is 23.8 Å². The molecule has 0 aliphatic carbocycles. The van der Waals surface area contributed by atoms with E-state index in [-0.39, 0.29) is 0 Å². The molecule has 0 radical (unpaired) electrons. The van der Waals surface area contributed by atoms with Crippen LogP contribution >= 0.6 is 0 Å². The van der Waals surface area contributed by atoms with Gasteiger partial charge in [-0.2, -0.15) is 5.10 Å². The van der Waals surface area contributed by atoms with E-state index in [1.54, 1.807) is 4.52 Å². The Morgan fingerprint density at radius 1 is 0.947 bits per heavy atom. The molecule has 0 fully saturated rings. The minimum absolute atomic E-state index is 0.651. The van der Waals surface area contributed by atoms with Crippen molar-refractivity contribution >= 4 is 5.78 Å². The van der Waals surface area contributed by atoms with Gasteiger partial charge in [0.25, 0.3) is 5.78 Å². The van der Waals surface area contributed by atoms with Crippen LogP contribution in [0.4, 0.5) is 0 Å². The molecule has 3 aromatic rings. The van der Waals surface area contributed by atoms with Crippen LogP contribution in [0, 0.1) is 27.7 Å². The summed E-state index contributed by atoms with van der Waals surface area (Å²) in [7, 11) is 0. The highest BCUT2D eigenvalue weighted by Crippen LogP contribution is 2.23. The Morgan fingerprint density at radius 3 is 2.47 bits per heavy atom. The molecular weight excluding hydrogens is 236 g/mol. The van der Waals surface area contributed by atoms with E-state index in [4.69, 9.17) is 0 Å². The minimum Gasteiger partial charge on any atom is -0.215 e. The Bertz CT molecular complexity index is 732. The van der Waals surface area contributed by atoms with E-state index >= 15 is 0 Å². The highest BCUT2D eigenvalue weighted by molar-refractivity contribution is 5.65. The molecule has 0 N–H and O–H groups in total. The summed E-state index contributed by atoms with van der Waals surface area (Å²) in [5.41, 5.74) is 6.38. The number of rotatable bonds is 1. The Balaban J connectivity index is 2.20. The smallest absolute Gasteiger partial charge is 0.215 e. The molecule has 0 spiro atoms. The zero-order valence-corrected chi connectivity index (χ0v) is 11.6. The van der Waals surface area contributed by atoms with Crippen LogP contribution in [-0.2, 0) is 0 Å². The average molecular weight is 252 g/mol. The van der Waals surface area contributed by atoms with Crippen LogP contribution in [0.2, 0.25) is 0 Å². The van der Waals surface area contributed by atoms with Gasteiger partial charge < -0.3 is 0 Å². The van der Waals surface area contributed by atoms with E-state index in [1.807, 2.05) is 20.0 Å². The molecule has 2 aromatic heterocycles. The zero-order valence-electron chi connectivity index (χ0n) is 11.6. The molecule has 19 heavy (non-hydrogen) atoms. The quantitative estimate of drug-likeness (QED) is 0.668. The molecule has 0 unspecified atom stereocenters. The average Bonchev–Trinajstić information content (AvgIpc) is 2.72. The van der Waals surface area contributed by atoms with Gasteiger partial charge in [-0.05, 0) is 33.3 Å². The molecule has 0 aliphatic rings. The fraction of sp³-hybridized carbons (Fsp3) is 0.267. The fourth-order valence-electron chi connectivity index (χ4n) is 2.21. The van der Waals surface area contributed by atoms with Gasteiger partial charge in [0.15, 0.2) is 0 Å². The molecule has 0 saturated heterocycles. The maximum atomic E-state index is 4.56. The summed E-state index contributed by atoms with van der Waals surface area (Å²) < 4.78 is 1.75. The summed E-state index contributed by atoms with van der Waals surface area (Å²) in [6.45, 7) is 8.10. The van der Waals surface area contributed by atoms with Crippen molar-refractivity contribution in [2.45, 2.75) is 27.7 Å². The molecule has 0 aliphatic heterocycles. The highest BCUT2D eigenvalue weighted by atomic mass is 15.3. The number of fused-ring (bicyclic) bond motifs is 1. The molecule has 0 bridgehead atoms. The van der Waals surface area contributed by atoms with Gasteiger partial charge >= 0.3 is 0 Å². The third-order valence-electron chi connectivity index (χ3n) is 3.38. The lowest BCUT2D eigenvalue weighted by Crippen LogP contribution is -1.99. The Morgan fingerprint density at radius 2 is 1.74 bits per heavy atom. The highest BCUT2D eigenvalue weighted by Gasteiger charge is 2.09. The van der Waals surface area contributed by atoms with Crippen molar-refractivity contribution in [3.8, 4) is 11.3 Å². The summed E-state index contributed by atoms with van der Waals surface area (Å²) >= 11 is 0. The van der Waals surface area contributed by atoms with Crippen LogP contribution in [-0.4, -0.2) is 19.6 Å². The van der Waals surface area contributed by atoms with Gasteiger partial charge in [-0.15, -0.1) is 0 Å². The van der Waals surface area contributed by atoms with Gasteiger partial charge in [0.1, 0.15) is 0 Å². The van der Waals surface area contributed by atoms with Crippen molar-refractivity contribution in [2.75, 3.05) is 0 Å². The molecule has 0 atom stereocenters. The molecule has 4 nitrogen and oxygen atoms in total. The molecule has 2 heterocycles. The zero-order chi connectivity index (χ0) is 13.6. The fourth-order valence-corrected chi connectivity index (χ4v) is 2.21. The van der Waals surface area contributed by atoms with Crippen LogP contribution in [0.15, 0.2) is 24.4 Å². The lowest BCUT2D eigenvalue weighted by Gasteiger charge is -2.02. The van der Waals surface area contributed by atoms with Gasteiger partial charge in [0.05, 0.1) is 23.3 Å². The normalized spacial score (nSPS) is 11.2. The van der Waals surface area contributed by atoms with Gasteiger partial charge in [-0.25, -0.2) is 14.5 Å². The van der Waals surface area contributed by atoms with Crippen molar-refractivity contribution in [3.05, 3.63) is 46.9 Å². The summed E-state index contributed by atoms with van der Waals surface area (Å²) in [4.78, 5) is 9.02. The number of hydrogen-bond acceptors (Lipinski definition) is 3. The van der Waals surface area contributed by atoms with Gasteiger partial charge in [0.2, 0.25) is 0 Å². The topological polar surface area (TPSA) is 43.1 Å². The minimum atomic E-state index is 0.651. The van der Waals surface area contributed by atoms with Gasteiger partial charge in [0, 0.05) is 5.56 Å². The third kappa shape index (κ3) is 1.99. The van der Waals surface area contributed by atoms with Crippen LogP contribution in [0.1, 0.15) is 22.5 Å². The number of nitrogens with zero attached hydrogens (tertiary/aromatic N) is 4. The molecule has 3 rings (SSSR count). The lowest BCUT2D eigenvalue weighted by molar-refractivity contribution is 0.849. The van der Waals surface area contributed by atoms with E-state index in [0.717, 1.165) is 22.6 Å². The van der Waals surface area contributed by atoms with E-state index in [1.165, 1.54) is 11.1 Å². The summed E-state index contributed by atoms with van der Waals surface area (Å²) in [6, 6.07) is 6.37. The Kier molecular flexibility index (Phi) is 2.59. The van der Waals surface area contributed by atoms with Crippen molar-refractivity contribution in [2.24, 2.45) is 0 Å². The first-order valence-corrected chi connectivity index (χ1v) is 6.33. The molecule has 0 saturated carbocycles. The van der Waals surface area contributed by atoms with Crippen molar-refractivity contribution in [1.29, 1.82) is 0 Å². The van der Waals surface area contributed by atoms with E-state index in [9.17, 15) is 0 Å². The second-order valence-electron chi connectivity index (χ2n) is 4.97. The molecule has 1 aromatic carbocycles. The summed E-state index contributed by atoms with van der Waals surface area (Å²) in [5, 5.41) is 4.46. The SMILES string of the molecule is Cc1ccc(-c2cn3nc(C)c(C)nc3n2)c(C)c1. The molecular formula is C15H16N4. The maximum Gasteiger partial charge on any atom is 0.251 e. The van der Waals surface area contributed by atoms with Gasteiger partial charge in [-0.3, -0.25) is 0 Å². The van der Waals surface area contributed by atoms with Crippen molar-refractivity contribution < 1.29 is 0 Å². The lowest BCUT2D eigenvalue weighted by atomic mass is 10.0. The third-order valence-corrected chi connectivity index (χ3v) is 3.38.